The van der Waals surface area contributed by atoms with Crippen LogP contribution in [0.15, 0.2) is 18.2 Å². The van der Waals surface area contributed by atoms with Gasteiger partial charge in [0.2, 0.25) is 0 Å². The Morgan fingerprint density at radius 2 is 1.95 bits per heavy atom. The molecule has 1 aromatic rings. The van der Waals surface area contributed by atoms with Crippen LogP contribution in [-0.2, 0) is 16.4 Å². The highest BCUT2D eigenvalue weighted by atomic mass is 32.2. The topological polar surface area (TPSA) is 87.1 Å². The Bertz CT molecular complexity index is 561. The zero-order valence-electron chi connectivity index (χ0n) is 11.3. The van der Waals surface area contributed by atoms with Gasteiger partial charge in [0, 0.05) is 25.2 Å². The van der Waals surface area contributed by atoms with Crippen LogP contribution < -0.4 is 10.2 Å². The summed E-state index contributed by atoms with van der Waals surface area (Å²) in [4.78, 5) is 2.02. The second-order valence-corrected chi connectivity index (χ2v) is 7.18. The molecule has 1 saturated heterocycles. The van der Waals surface area contributed by atoms with Crippen molar-refractivity contribution in [3.05, 3.63) is 23.8 Å². The summed E-state index contributed by atoms with van der Waals surface area (Å²) in [5.41, 5.74) is 1.21. The Balaban J connectivity index is 2.13. The SMILES string of the molecule is COc1ccc(B(O)O)cc1CN1CCS(=O)(=O)CC1. The average Bonchev–Trinajstić information content (AvgIpc) is 2.41. The maximum atomic E-state index is 11.4. The first-order valence-corrected chi connectivity index (χ1v) is 8.19. The number of ether oxygens (including phenoxy) is 1. The molecule has 1 heterocycles. The van der Waals surface area contributed by atoms with Crippen LogP contribution in [0, 0.1) is 0 Å². The summed E-state index contributed by atoms with van der Waals surface area (Å²) >= 11 is 0. The third-order valence-electron chi connectivity index (χ3n) is 3.43. The second kappa shape index (κ2) is 6.13. The lowest BCUT2D eigenvalue weighted by atomic mass is 9.79. The molecule has 6 nitrogen and oxygen atoms in total. The number of hydrogen-bond acceptors (Lipinski definition) is 6. The van der Waals surface area contributed by atoms with E-state index in [0.717, 1.165) is 5.56 Å². The molecule has 8 heteroatoms. The number of benzene rings is 1. The van der Waals surface area contributed by atoms with Crippen LogP contribution in [0.1, 0.15) is 5.56 Å². The summed E-state index contributed by atoms with van der Waals surface area (Å²) in [5.74, 6) is 0.984. The summed E-state index contributed by atoms with van der Waals surface area (Å²) in [6.07, 6.45) is 0. The van der Waals surface area contributed by atoms with Crippen LogP contribution in [0.4, 0.5) is 0 Å². The molecule has 1 fully saturated rings. The lowest BCUT2D eigenvalue weighted by molar-refractivity contribution is 0.282. The van der Waals surface area contributed by atoms with Gasteiger partial charge in [0.05, 0.1) is 18.6 Å². The van der Waals surface area contributed by atoms with E-state index < -0.39 is 17.0 Å². The van der Waals surface area contributed by atoms with Crippen molar-refractivity contribution >= 4 is 22.4 Å². The highest BCUT2D eigenvalue weighted by Crippen LogP contribution is 2.19. The van der Waals surface area contributed by atoms with Crippen LogP contribution in [0.5, 0.6) is 5.75 Å². The third kappa shape index (κ3) is 3.72. The Morgan fingerprint density at radius 3 is 2.50 bits per heavy atom. The molecule has 110 valence electrons. The fourth-order valence-electron chi connectivity index (χ4n) is 2.23. The van der Waals surface area contributed by atoms with Crippen LogP contribution in [0.25, 0.3) is 0 Å². The van der Waals surface area contributed by atoms with Gasteiger partial charge in [-0.25, -0.2) is 8.42 Å². The molecule has 1 aromatic carbocycles. The van der Waals surface area contributed by atoms with Gasteiger partial charge in [-0.1, -0.05) is 12.1 Å². The summed E-state index contributed by atoms with van der Waals surface area (Å²) in [5, 5.41) is 18.4. The summed E-state index contributed by atoms with van der Waals surface area (Å²) < 4.78 is 28.0. The Labute approximate surface area is 119 Å². The molecular weight excluding hydrogens is 281 g/mol. The van der Waals surface area contributed by atoms with Gasteiger partial charge < -0.3 is 14.8 Å². The first-order valence-electron chi connectivity index (χ1n) is 6.37. The van der Waals surface area contributed by atoms with Crippen LogP contribution in [0.3, 0.4) is 0 Å². The Kier molecular flexibility index (Phi) is 4.69. The largest absolute Gasteiger partial charge is 0.496 e. The fraction of sp³-hybridized carbons (Fsp3) is 0.500. The molecule has 0 spiro atoms. The van der Waals surface area contributed by atoms with Gasteiger partial charge in [-0.15, -0.1) is 0 Å². The van der Waals surface area contributed by atoms with E-state index in [9.17, 15) is 18.5 Å². The van der Waals surface area contributed by atoms with Crippen molar-refractivity contribution in [1.29, 1.82) is 0 Å². The smallest absolute Gasteiger partial charge is 0.488 e. The minimum atomic E-state index is -2.90. The summed E-state index contributed by atoms with van der Waals surface area (Å²) in [6, 6.07) is 4.95. The normalized spacial score (nSPS) is 18.8. The van der Waals surface area contributed by atoms with Crippen LogP contribution in [0.2, 0.25) is 0 Å². The van der Waals surface area contributed by atoms with E-state index in [4.69, 9.17) is 4.74 Å². The Hall–Kier alpha value is -1.09. The zero-order valence-corrected chi connectivity index (χ0v) is 12.1. The molecule has 0 amide bonds. The molecule has 2 rings (SSSR count). The molecule has 2 N–H and O–H groups in total. The van der Waals surface area contributed by atoms with Crippen molar-refractivity contribution in [1.82, 2.24) is 4.90 Å². The van der Waals surface area contributed by atoms with Gasteiger partial charge >= 0.3 is 7.12 Å². The van der Waals surface area contributed by atoms with E-state index in [-0.39, 0.29) is 11.5 Å². The van der Waals surface area contributed by atoms with Crippen LogP contribution in [-0.4, -0.2) is 62.2 Å². The molecule has 0 aliphatic carbocycles. The first-order chi connectivity index (χ1) is 9.41. The van der Waals surface area contributed by atoms with E-state index in [1.165, 1.54) is 0 Å². The molecule has 1 aliphatic heterocycles. The quantitative estimate of drug-likeness (QED) is 0.665. The van der Waals surface area contributed by atoms with E-state index in [0.29, 0.717) is 30.8 Å². The minimum Gasteiger partial charge on any atom is -0.496 e. The van der Waals surface area contributed by atoms with E-state index in [2.05, 4.69) is 0 Å². The number of sulfone groups is 1. The van der Waals surface area contributed by atoms with Crippen molar-refractivity contribution in [2.24, 2.45) is 0 Å². The maximum absolute atomic E-state index is 11.4. The molecule has 1 aliphatic rings. The highest BCUT2D eigenvalue weighted by molar-refractivity contribution is 7.91. The van der Waals surface area contributed by atoms with E-state index in [1.54, 1.807) is 25.3 Å². The fourth-order valence-corrected chi connectivity index (χ4v) is 3.51. The molecule has 0 saturated carbocycles. The molecule has 0 unspecified atom stereocenters. The first kappa shape index (κ1) is 15.3. The van der Waals surface area contributed by atoms with Gasteiger partial charge in [-0.3, -0.25) is 4.90 Å². The monoisotopic (exact) mass is 299 g/mol. The lowest BCUT2D eigenvalue weighted by Crippen LogP contribution is -2.40. The minimum absolute atomic E-state index is 0.164. The number of hydrogen-bond donors (Lipinski definition) is 2. The van der Waals surface area contributed by atoms with Gasteiger partial charge in [0.15, 0.2) is 9.84 Å². The standard InChI is InChI=1S/C12H18BNO5S/c1-19-12-3-2-11(13(15)16)8-10(12)9-14-4-6-20(17,18)7-5-14/h2-3,8,15-16H,4-7,9H2,1H3. The van der Waals surface area contributed by atoms with Crippen molar-refractivity contribution in [3.63, 3.8) is 0 Å². The molecule has 0 bridgehead atoms. The summed E-state index contributed by atoms with van der Waals surface area (Å²) in [7, 11) is -2.87. The van der Waals surface area contributed by atoms with E-state index in [1.807, 2.05) is 4.90 Å². The van der Waals surface area contributed by atoms with Crippen molar-refractivity contribution < 1.29 is 23.2 Å². The van der Waals surface area contributed by atoms with Crippen molar-refractivity contribution in [3.8, 4) is 5.75 Å². The molecule has 0 atom stereocenters. The average molecular weight is 299 g/mol. The lowest BCUT2D eigenvalue weighted by Gasteiger charge is -2.27. The van der Waals surface area contributed by atoms with Crippen molar-refractivity contribution in [2.45, 2.75) is 6.54 Å². The Morgan fingerprint density at radius 1 is 1.30 bits per heavy atom. The molecule has 20 heavy (non-hydrogen) atoms. The number of methoxy groups -OCH3 is 1. The zero-order chi connectivity index (χ0) is 14.8. The van der Waals surface area contributed by atoms with Crippen molar-refractivity contribution in [2.75, 3.05) is 31.7 Å². The van der Waals surface area contributed by atoms with Crippen LogP contribution >= 0.6 is 0 Å². The van der Waals surface area contributed by atoms with Gasteiger partial charge in [-0.2, -0.15) is 0 Å². The van der Waals surface area contributed by atoms with Gasteiger partial charge in [0.1, 0.15) is 5.75 Å². The molecular formula is C12H18BNO5S. The summed E-state index contributed by atoms with van der Waals surface area (Å²) in [6.45, 7) is 1.49. The molecule has 0 radical (unpaired) electrons. The second-order valence-electron chi connectivity index (χ2n) is 4.87. The molecule has 0 aromatic heterocycles. The number of nitrogens with zero attached hydrogens (tertiary/aromatic N) is 1. The number of rotatable bonds is 4. The predicted molar refractivity (Wildman–Crippen MR) is 76.8 cm³/mol. The van der Waals surface area contributed by atoms with Gasteiger partial charge in [0.25, 0.3) is 0 Å². The third-order valence-corrected chi connectivity index (χ3v) is 5.04. The van der Waals surface area contributed by atoms with E-state index >= 15 is 0 Å². The highest BCUT2D eigenvalue weighted by Gasteiger charge is 2.23. The van der Waals surface area contributed by atoms with Gasteiger partial charge in [-0.05, 0) is 11.5 Å². The maximum Gasteiger partial charge on any atom is 0.488 e. The predicted octanol–water partition coefficient (Wildman–Crippen LogP) is -1.39.